The molecule has 0 aliphatic carbocycles. The van der Waals surface area contributed by atoms with Crippen LogP contribution in [0.5, 0.6) is 0 Å². The van der Waals surface area contributed by atoms with Gasteiger partial charge in [-0.3, -0.25) is 4.79 Å². The highest BCUT2D eigenvalue weighted by atomic mass is 16.3. The molecular formula is C18H28N2O2. The van der Waals surface area contributed by atoms with E-state index in [0.717, 1.165) is 29.7 Å². The molecular weight excluding hydrogens is 276 g/mol. The van der Waals surface area contributed by atoms with Crippen LogP contribution in [0.15, 0.2) is 18.2 Å². The fourth-order valence-electron chi connectivity index (χ4n) is 2.82. The van der Waals surface area contributed by atoms with E-state index < -0.39 is 11.0 Å². The fraction of sp³-hybridized carbons (Fsp3) is 0.611. The van der Waals surface area contributed by atoms with Gasteiger partial charge in [-0.2, -0.15) is 0 Å². The van der Waals surface area contributed by atoms with Crippen molar-refractivity contribution >= 4 is 11.6 Å². The number of hydrogen-bond donors (Lipinski definition) is 3. The molecule has 1 aliphatic heterocycles. The van der Waals surface area contributed by atoms with Crippen LogP contribution in [0.4, 0.5) is 5.69 Å². The molecule has 1 atom stereocenters. The number of hydrogen-bond acceptors (Lipinski definition) is 3. The lowest BCUT2D eigenvalue weighted by Gasteiger charge is -2.28. The Labute approximate surface area is 133 Å². The summed E-state index contributed by atoms with van der Waals surface area (Å²) in [5, 5.41) is 16.7. The van der Waals surface area contributed by atoms with Crippen molar-refractivity contribution in [2.24, 2.45) is 0 Å². The molecule has 1 aromatic carbocycles. The van der Waals surface area contributed by atoms with Crippen LogP contribution in [0, 0.1) is 0 Å². The molecule has 2 rings (SSSR count). The second kappa shape index (κ2) is 6.01. The highest BCUT2D eigenvalue weighted by molar-refractivity contribution is 6.05. The number of nitrogens with one attached hydrogen (secondary N) is 2. The molecule has 3 N–H and O–H groups in total. The van der Waals surface area contributed by atoms with Gasteiger partial charge in [0, 0.05) is 18.3 Å². The first-order valence-corrected chi connectivity index (χ1v) is 8.15. The summed E-state index contributed by atoms with van der Waals surface area (Å²) in [7, 11) is 0. The first-order valence-electron chi connectivity index (χ1n) is 8.15. The third-order valence-electron chi connectivity index (χ3n) is 5.09. The predicted octanol–water partition coefficient (Wildman–Crippen LogP) is 3.12. The van der Waals surface area contributed by atoms with Gasteiger partial charge in [0.25, 0.3) is 0 Å². The van der Waals surface area contributed by atoms with Crippen LogP contribution in [0.1, 0.15) is 64.6 Å². The third-order valence-corrected chi connectivity index (χ3v) is 5.09. The normalized spacial score (nSPS) is 18.0. The summed E-state index contributed by atoms with van der Waals surface area (Å²) >= 11 is 0. The molecule has 0 saturated carbocycles. The number of rotatable bonds is 6. The lowest BCUT2D eigenvalue weighted by atomic mass is 9.85. The standard InChI is InChI=1S/C18H28N2O2/c1-6-18(22,7-2)11-19-12(3)13-8-9-15-14(10-13)17(4,5)16(21)20-15/h8-10,12,19,22H,6-7,11H2,1-5H3,(H,20,21). The molecule has 0 fully saturated rings. The van der Waals surface area contributed by atoms with Gasteiger partial charge < -0.3 is 15.7 Å². The zero-order valence-corrected chi connectivity index (χ0v) is 14.3. The van der Waals surface area contributed by atoms with Crippen molar-refractivity contribution < 1.29 is 9.90 Å². The highest BCUT2D eigenvalue weighted by Crippen LogP contribution is 2.38. The molecule has 4 nitrogen and oxygen atoms in total. The summed E-state index contributed by atoms with van der Waals surface area (Å²) in [4.78, 5) is 12.0. The average molecular weight is 304 g/mol. The van der Waals surface area contributed by atoms with Gasteiger partial charge in [0.15, 0.2) is 0 Å². The predicted molar refractivity (Wildman–Crippen MR) is 90.0 cm³/mol. The second-order valence-corrected chi connectivity index (χ2v) is 6.92. The van der Waals surface area contributed by atoms with E-state index >= 15 is 0 Å². The second-order valence-electron chi connectivity index (χ2n) is 6.92. The maximum atomic E-state index is 12.0. The van der Waals surface area contributed by atoms with Gasteiger partial charge in [0.1, 0.15) is 0 Å². The molecule has 22 heavy (non-hydrogen) atoms. The summed E-state index contributed by atoms with van der Waals surface area (Å²) < 4.78 is 0. The van der Waals surface area contributed by atoms with Gasteiger partial charge in [-0.1, -0.05) is 26.0 Å². The van der Waals surface area contributed by atoms with E-state index in [1.165, 1.54) is 0 Å². The number of aliphatic hydroxyl groups is 1. The van der Waals surface area contributed by atoms with Crippen molar-refractivity contribution in [2.45, 2.75) is 64.5 Å². The van der Waals surface area contributed by atoms with Gasteiger partial charge >= 0.3 is 0 Å². The van der Waals surface area contributed by atoms with Crippen LogP contribution in [0.3, 0.4) is 0 Å². The van der Waals surface area contributed by atoms with Crippen molar-refractivity contribution in [3.05, 3.63) is 29.3 Å². The highest BCUT2D eigenvalue weighted by Gasteiger charge is 2.38. The molecule has 0 radical (unpaired) electrons. The summed E-state index contributed by atoms with van der Waals surface area (Å²) in [6, 6.07) is 6.24. The van der Waals surface area contributed by atoms with Gasteiger partial charge in [0.05, 0.1) is 11.0 Å². The minimum absolute atomic E-state index is 0.0478. The molecule has 1 aliphatic rings. The van der Waals surface area contributed by atoms with E-state index in [-0.39, 0.29) is 11.9 Å². The van der Waals surface area contributed by atoms with Crippen molar-refractivity contribution in [1.29, 1.82) is 0 Å². The maximum absolute atomic E-state index is 12.0. The smallest absolute Gasteiger partial charge is 0.234 e. The lowest BCUT2D eigenvalue weighted by molar-refractivity contribution is -0.119. The molecule has 0 spiro atoms. The van der Waals surface area contributed by atoms with Gasteiger partial charge in [-0.15, -0.1) is 0 Å². The summed E-state index contributed by atoms with van der Waals surface area (Å²) in [5.74, 6) is 0.0478. The Bertz CT molecular complexity index is 562. The summed E-state index contributed by atoms with van der Waals surface area (Å²) in [6.45, 7) is 10.6. The van der Waals surface area contributed by atoms with Crippen LogP contribution in [-0.4, -0.2) is 23.2 Å². The average Bonchev–Trinajstić information content (AvgIpc) is 2.74. The number of benzene rings is 1. The molecule has 1 unspecified atom stereocenters. The number of fused-ring (bicyclic) bond motifs is 1. The lowest BCUT2D eigenvalue weighted by Crippen LogP contribution is -2.40. The van der Waals surface area contributed by atoms with E-state index in [4.69, 9.17) is 0 Å². The van der Waals surface area contributed by atoms with E-state index in [9.17, 15) is 9.90 Å². The Hall–Kier alpha value is -1.39. The van der Waals surface area contributed by atoms with Crippen LogP contribution < -0.4 is 10.6 Å². The van der Waals surface area contributed by atoms with Crippen molar-refractivity contribution in [3.8, 4) is 0 Å². The SMILES string of the molecule is CCC(O)(CC)CNC(C)c1ccc2c(c1)C(C)(C)C(=O)N2. The molecule has 1 aromatic rings. The van der Waals surface area contributed by atoms with Crippen molar-refractivity contribution in [1.82, 2.24) is 5.32 Å². The monoisotopic (exact) mass is 304 g/mol. The van der Waals surface area contributed by atoms with Gasteiger partial charge in [-0.25, -0.2) is 0 Å². The minimum Gasteiger partial charge on any atom is -0.389 e. The molecule has 122 valence electrons. The molecule has 4 heteroatoms. The minimum atomic E-state index is -0.651. The van der Waals surface area contributed by atoms with Crippen LogP contribution >= 0.6 is 0 Å². The molecule has 1 amide bonds. The zero-order chi connectivity index (χ0) is 16.5. The Morgan fingerprint density at radius 3 is 2.55 bits per heavy atom. The molecule has 1 heterocycles. The third kappa shape index (κ3) is 3.03. The van der Waals surface area contributed by atoms with Crippen LogP contribution in [0.2, 0.25) is 0 Å². The maximum Gasteiger partial charge on any atom is 0.234 e. The van der Waals surface area contributed by atoms with Gasteiger partial charge in [0.2, 0.25) is 5.91 Å². The number of amides is 1. The van der Waals surface area contributed by atoms with Crippen molar-refractivity contribution in [2.75, 3.05) is 11.9 Å². The van der Waals surface area contributed by atoms with Gasteiger partial charge in [-0.05, 0) is 50.8 Å². The number of carbonyl (C=O) groups excluding carboxylic acids is 1. The molecule has 0 aromatic heterocycles. The van der Waals surface area contributed by atoms with E-state index in [1.807, 2.05) is 39.8 Å². The topological polar surface area (TPSA) is 61.4 Å². The number of anilines is 1. The summed E-state index contributed by atoms with van der Waals surface area (Å²) in [6.07, 6.45) is 1.47. The van der Waals surface area contributed by atoms with E-state index in [2.05, 4.69) is 23.6 Å². The largest absolute Gasteiger partial charge is 0.389 e. The quantitative estimate of drug-likeness (QED) is 0.757. The fourth-order valence-corrected chi connectivity index (χ4v) is 2.82. The Balaban J connectivity index is 2.15. The van der Waals surface area contributed by atoms with Crippen LogP contribution in [-0.2, 0) is 10.2 Å². The first-order chi connectivity index (χ1) is 10.2. The molecule has 0 saturated heterocycles. The Morgan fingerprint density at radius 1 is 1.32 bits per heavy atom. The first kappa shape index (κ1) is 17.0. The number of carbonyl (C=O) groups is 1. The zero-order valence-electron chi connectivity index (χ0n) is 14.3. The van der Waals surface area contributed by atoms with Crippen molar-refractivity contribution in [3.63, 3.8) is 0 Å². The van der Waals surface area contributed by atoms with E-state index in [0.29, 0.717) is 6.54 Å². The summed E-state index contributed by atoms with van der Waals surface area (Å²) in [5.41, 5.74) is 1.95. The van der Waals surface area contributed by atoms with Crippen LogP contribution in [0.25, 0.3) is 0 Å². The Morgan fingerprint density at radius 2 is 1.95 bits per heavy atom. The Kier molecular flexibility index (Phi) is 4.64. The molecule has 0 bridgehead atoms. The van der Waals surface area contributed by atoms with E-state index in [1.54, 1.807) is 0 Å².